The molecule has 0 saturated heterocycles. The second-order valence-corrected chi connectivity index (χ2v) is 4.62. The number of nitrogens with two attached hydrogens (primary N) is 1. The first kappa shape index (κ1) is 12.8. The third-order valence-electron chi connectivity index (χ3n) is 3.14. The summed E-state index contributed by atoms with van der Waals surface area (Å²) in [5, 5.41) is 0. The number of hydrogen-bond donors (Lipinski definition) is 1. The third-order valence-corrected chi connectivity index (χ3v) is 3.14. The Kier molecular flexibility index (Phi) is 4.48. The lowest BCUT2D eigenvalue weighted by atomic mass is 9.93. The summed E-state index contributed by atoms with van der Waals surface area (Å²) in [5.41, 5.74) is 8.27. The van der Waals surface area contributed by atoms with Crippen LogP contribution < -0.4 is 5.73 Å². The Hall–Kier alpha value is -1.67. The van der Waals surface area contributed by atoms with Crippen LogP contribution in [0.4, 0.5) is 4.39 Å². The van der Waals surface area contributed by atoms with Crippen LogP contribution in [0.1, 0.15) is 11.1 Å². The maximum Gasteiger partial charge on any atom is 0.123 e. The number of halogens is 1. The van der Waals surface area contributed by atoms with Crippen LogP contribution in [-0.4, -0.2) is 6.54 Å². The summed E-state index contributed by atoms with van der Waals surface area (Å²) in [4.78, 5) is 0. The maximum atomic E-state index is 12.8. The quantitative estimate of drug-likeness (QED) is 0.857. The van der Waals surface area contributed by atoms with Crippen molar-refractivity contribution in [2.45, 2.75) is 12.8 Å². The first-order chi connectivity index (χ1) is 8.78. The van der Waals surface area contributed by atoms with Crippen LogP contribution in [0.25, 0.3) is 0 Å². The van der Waals surface area contributed by atoms with Gasteiger partial charge in [-0.05, 0) is 48.6 Å². The molecule has 1 unspecified atom stereocenters. The molecular weight excluding hydrogens is 225 g/mol. The second-order valence-electron chi connectivity index (χ2n) is 4.62. The fourth-order valence-corrected chi connectivity index (χ4v) is 2.14. The highest BCUT2D eigenvalue weighted by molar-refractivity contribution is 5.19. The van der Waals surface area contributed by atoms with Gasteiger partial charge in [-0.25, -0.2) is 4.39 Å². The van der Waals surface area contributed by atoms with Crippen molar-refractivity contribution >= 4 is 0 Å². The molecule has 18 heavy (non-hydrogen) atoms. The summed E-state index contributed by atoms with van der Waals surface area (Å²) in [6.45, 7) is 0.645. The first-order valence-electron chi connectivity index (χ1n) is 6.26. The summed E-state index contributed by atoms with van der Waals surface area (Å²) in [5.74, 6) is 0.212. The van der Waals surface area contributed by atoms with Crippen molar-refractivity contribution in [3.05, 3.63) is 71.5 Å². The van der Waals surface area contributed by atoms with Gasteiger partial charge in [-0.15, -0.1) is 0 Å². The number of hydrogen-bond acceptors (Lipinski definition) is 1. The molecule has 0 aromatic heterocycles. The summed E-state index contributed by atoms with van der Waals surface area (Å²) in [7, 11) is 0. The summed E-state index contributed by atoms with van der Waals surface area (Å²) in [6.07, 6.45) is 1.86. The lowest BCUT2D eigenvalue weighted by Gasteiger charge is -2.14. The predicted molar refractivity (Wildman–Crippen MR) is 72.8 cm³/mol. The van der Waals surface area contributed by atoms with Crippen LogP contribution in [0.2, 0.25) is 0 Å². The Labute approximate surface area is 107 Å². The molecule has 0 bridgehead atoms. The van der Waals surface area contributed by atoms with Crippen molar-refractivity contribution in [3.8, 4) is 0 Å². The van der Waals surface area contributed by atoms with Crippen LogP contribution in [0.5, 0.6) is 0 Å². The van der Waals surface area contributed by atoms with Gasteiger partial charge in [-0.2, -0.15) is 0 Å². The summed E-state index contributed by atoms with van der Waals surface area (Å²) in [6, 6.07) is 17.0. The number of rotatable bonds is 5. The van der Waals surface area contributed by atoms with Crippen LogP contribution in [-0.2, 0) is 12.8 Å². The molecule has 0 aliphatic heterocycles. The Balaban J connectivity index is 1.99. The highest BCUT2D eigenvalue weighted by Gasteiger charge is 2.09. The average molecular weight is 243 g/mol. The van der Waals surface area contributed by atoms with Gasteiger partial charge < -0.3 is 5.73 Å². The molecular formula is C16H18FN. The van der Waals surface area contributed by atoms with Crippen LogP contribution in [0.15, 0.2) is 54.6 Å². The fourth-order valence-electron chi connectivity index (χ4n) is 2.14. The zero-order valence-electron chi connectivity index (χ0n) is 10.4. The smallest absolute Gasteiger partial charge is 0.123 e. The standard InChI is InChI=1S/C16H18FN/c17-16-8-6-14(7-9-16)11-15(12-18)10-13-4-2-1-3-5-13/h1-9,15H,10-12,18H2. The number of benzene rings is 2. The molecule has 0 spiro atoms. The molecule has 0 aliphatic rings. The van der Waals surface area contributed by atoms with E-state index < -0.39 is 0 Å². The van der Waals surface area contributed by atoms with Crippen LogP contribution >= 0.6 is 0 Å². The van der Waals surface area contributed by atoms with Crippen LogP contribution in [0, 0.1) is 11.7 Å². The molecule has 94 valence electrons. The highest BCUT2D eigenvalue weighted by Crippen LogP contribution is 2.14. The Morgan fingerprint density at radius 2 is 1.39 bits per heavy atom. The van der Waals surface area contributed by atoms with Gasteiger partial charge in [0.1, 0.15) is 5.82 Å². The summed E-state index contributed by atoms with van der Waals surface area (Å²) >= 11 is 0. The normalized spacial score (nSPS) is 12.3. The molecule has 1 atom stereocenters. The van der Waals surface area contributed by atoms with Crippen molar-refractivity contribution in [1.29, 1.82) is 0 Å². The van der Waals surface area contributed by atoms with Gasteiger partial charge >= 0.3 is 0 Å². The zero-order chi connectivity index (χ0) is 12.8. The highest BCUT2D eigenvalue weighted by atomic mass is 19.1. The molecule has 2 N–H and O–H groups in total. The minimum atomic E-state index is -0.189. The Morgan fingerprint density at radius 3 is 1.94 bits per heavy atom. The topological polar surface area (TPSA) is 26.0 Å². The van der Waals surface area contributed by atoms with E-state index >= 15 is 0 Å². The van der Waals surface area contributed by atoms with E-state index in [4.69, 9.17) is 5.73 Å². The van der Waals surface area contributed by atoms with Gasteiger partial charge in [-0.3, -0.25) is 0 Å². The monoisotopic (exact) mass is 243 g/mol. The van der Waals surface area contributed by atoms with Gasteiger partial charge in [0.2, 0.25) is 0 Å². The first-order valence-corrected chi connectivity index (χ1v) is 6.26. The molecule has 2 heteroatoms. The Morgan fingerprint density at radius 1 is 0.833 bits per heavy atom. The third kappa shape index (κ3) is 3.67. The largest absolute Gasteiger partial charge is 0.330 e. The molecule has 2 aromatic carbocycles. The average Bonchev–Trinajstić information content (AvgIpc) is 2.41. The Bertz CT molecular complexity index is 464. The fraction of sp³-hybridized carbons (Fsp3) is 0.250. The van der Waals surface area contributed by atoms with E-state index in [1.807, 2.05) is 30.3 Å². The molecule has 0 aliphatic carbocycles. The molecule has 0 fully saturated rings. The van der Waals surface area contributed by atoms with E-state index in [2.05, 4.69) is 12.1 Å². The van der Waals surface area contributed by atoms with Crippen molar-refractivity contribution < 1.29 is 4.39 Å². The minimum Gasteiger partial charge on any atom is -0.330 e. The molecule has 2 aromatic rings. The van der Waals surface area contributed by atoms with Gasteiger partial charge in [0, 0.05) is 0 Å². The van der Waals surface area contributed by atoms with E-state index in [1.165, 1.54) is 17.7 Å². The predicted octanol–water partition coefficient (Wildman–Crippen LogP) is 3.19. The molecule has 0 saturated carbocycles. The van der Waals surface area contributed by atoms with E-state index in [1.54, 1.807) is 0 Å². The van der Waals surface area contributed by atoms with Gasteiger partial charge in [0.25, 0.3) is 0 Å². The van der Waals surface area contributed by atoms with Gasteiger partial charge in [-0.1, -0.05) is 42.5 Å². The molecule has 0 radical (unpaired) electrons. The van der Waals surface area contributed by atoms with Crippen molar-refractivity contribution in [2.75, 3.05) is 6.54 Å². The second kappa shape index (κ2) is 6.31. The van der Waals surface area contributed by atoms with E-state index in [9.17, 15) is 4.39 Å². The van der Waals surface area contributed by atoms with Crippen LogP contribution in [0.3, 0.4) is 0 Å². The summed E-state index contributed by atoms with van der Waals surface area (Å²) < 4.78 is 12.8. The lowest BCUT2D eigenvalue weighted by Crippen LogP contribution is -2.19. The van der Waals surface area contributed by atoms with E-state index in [0.717, 1.165) is 18.4 Å². The van der Waals surface area contributed by atoms with Gasteiger partial charge in [0.15, 0.2) is 0 Å². The molecule has 0 amide bonds. The molecule has 0 heterocycles. The lowest BCUT2D eigenvalue weighted by molar-refractivity contribution is 0.532. The molecule has 2 rings (SSSR count). The van der Waals surface area contributed by atoms with E-state index in [0.29, 0.717) is 12.5 Å². The minimum absolute atomic E-state index is 0.189. The van der Waals surface area contributed by atoms with E-state index in [-0.39, 0.29) is 5.82 Å². The zero-order valence-corrected chi connectivity index (χ0v) is 10.4. The maximum absolute atomic E-state index is 12.8. The van der Waals surface area contributed by atoms with Crippen molar-refractivity contribution in [1.82, 2.24) is 0 Å². The van der Waals surface area contributed by atoms with Gasteiger partial charge in [0.05, 0.1) is 0 Å². The molecule has 1 nitrogen and oxygen atoms in total. The van der Waals surface area contributed by atoms with Crippen molar-refractivity contribution in [2.24, 2.45) is 11.7 Å². The van der Waals surface area contributed by atoms with Crippen molar-refractivity contribution in [3.63, 3.8) is 0 Å². The SMILES string of the molecule is NCC(Cc1ccccc1)Cc1ccc(F)cc1.